The van der Waals surface area contributed by atoms with Gasteiger partial charge in [-0.25, -0.2) is 0 Å². The molecule has 4 N–H and O–H groups in total. The predicted molar refractivity (Wildman–Crippen MR) is 124 cm³/mol. The Morgan fingerprint density at radius 1 is 1.00 bits per heavy atom. The maximum atomic E-state index is 13.2. The number of aromatic amines is 1. The second-order valence-corrected chi connectivity index (χ2v) is 7.81. The lowest BCUT2D eigenvalue weighted by atomic mass is 10.0. The van der Waals surface area contributed by atoms with Crippen molar-refractivity contribution in [2.45, 2.75) is 32.0 Å². The van der Waals surface area contributed by atoms with Crippen LogP contribution in [0.5, 0.6) is 5.75 Å². The summed E-state index contributed by atoms with van der Waals surface area (Å²) in [6.07, 6.45) is 2.53. The number of rotatable bonds is 8. The van der Waals surface area contributed by atoms with E-state index in [1.165, 1.54) is 0 Å². The number of hydrogen-bond acceptors (Lipinski definition) is 3. The van der Waals surface area contributed by atoms with Gasteiger partial charge in [0.25, 0.3) is 0 Å². The van der Waals surface area contributed by atoms with Crippen molar-refractivity contribution in [2.75, 3.05) is 0 Å². The molecule has 4 aromatic rings. The minimum Gasteiger partial charge on any atom is -0.508 e. The molecule has 0 aliphatic carbocycles. The van der Waals surface area contributed by atoms with Gasteiger partial charge in [0, 0.05) is 23.6 Å². The molecule has 3 aromatic carbocycles. The summed E-state index contributed by atoms with van der Waals surface area (Å²) in [6.45, 7) is 2.47. The molecule has 5 heteroatoms. The molecule has 0 aliphatic heterocycles. The van der Waals surface area contributed by atoms with Crippen LogP contribution >= 0.6 is 0 Å². The summed E-state index contributed by atoms with van der Waals surface area (Å²) in [4.78, 5) is 16.5. The first-order chi connectivity index (χ1) is 15.1. The molecule has 0 aliphatic rings. The van der Waals surface area contributed by atoms with Gasteiger partial charge in [-0.05, 0) is 48.2 Å². The number of H-pyrrole nitrogens is 1. The van der Waals surface area contributed by atoms with Crippen LogP contribution in [0.25, 0.3) is 10.9 Å². The lowest BCUT2D eigenvalue weighted by molar-refractivity contribution is -0.123. The molecule has 1 heterocycles. The fraction of sp³-hybridized carbons (Fsp3) is 0.192. The van der Waals surface area contributed by atoms with Crippen molar-refractivity contribution in [2.24, 2.45) is 0 Å². The van der Waals surface area contributed by atoms with Gasteiger partial charge in [-0.15, -0.1) is 0 Å². The Labute approximate surface area is 182 Å². The SMILES string of the molecule is C[C@H](NC(=O)[C@@H](Cc1c[nH]c2ccccc12)NCc1cccc(O)c1)c1ccccc1. The van der Waals surface area contributed by atoms with Crippen LogP contribution in [0, 0.1) is 0 Å². The number of carbonyl (C=O) groups is 1. The van der Waals surface area contributed by atoms with E-state index in [9.17, 15) is 9.90 Å². The van der Waals surface area contributed by atoms with E-state index in [1.54, 1.807) is 18.2 Å². The third-order valence-corrected chi connectivity index (χ3v) is 5.54. The number of nitrogens with one attached hydrogen (secondary N) is 3. The zero-order valence-electron chi connectivity index (χ0n) is 17.5. The molecule has 0 fully saturated rings. The molecule has 31 heavy (non-hydrogen) atoms. The quantitative estimate of drug-likeness (QED) is 0.345. The van der Waals surface area contributed by atoms with Gasteiger partial charge in [-0.3, -0.25) is 4.79 Å². The summed E-state index contributed by atoms with van der Waals surface area (Å²) in [6, 6.07) is 24.6. The zero-order chi connectivity index (χ0) is 21.6. The third kappa shape index (κ3) is 5.13. The number of para-hydroxylation sites is 1. The topological polar surface area (TPSA) is 77.2 Å². The number of benzene rings is 3. The van der Waals surface area contributed by atoms with Crippen molar-refractivity contribution in [1.82, 2.24) is 15.6 Å². The number of hydrogen-bond donors (Lipinski definition) is 4. The lowest BCUT2D eigenvalue weighted by Crippen LogP contribution is -2.46. The highest BCUT2D eigenvalue weighted by molar-refractivity contribution is 5.86. The number of fused-ring (bicyclic) bond motifs is 1. The van der Waals surface area contributed by atoms with Crippen molar-refractivity contribution in [3.63, 3.8) is 0 Å². The Bertz CT molecular complexity index is 1150. The first-order valence-electron chi connectivity index (χ1n) is 10.5. The van der Waals surface area contributed by atoms with Crippen LogP contribution in [0.3, 0.4) is 0 Å². The molecule has 5 nitrogen and oxygen atoms in total. The highest BCUT2D eigenvalue weighted by Crippen LogP contribution is 2.20. The number of phenols is 1. The van der Waals surface area contributed by atoms with Crippen LogP contribution in [0.1, 0.15) is 29.7 Å². The summed E-state index contributed by atoms with van der Waals surface area (Å²) in [5.74, 6) is 0.163. The maximum Gasteiger partial charge on any atom is 0.237 e. The first-order valence-corrected chi connectivity index (χ1v) is 10.5. The van der Waals surface area contributed by atoms with E-state index in [0.717, 1.165) is 27.6 Å². The van der Waals surface area contributed by atoms with Gasteiger partial charge in [0.1, 0.15) is 5.75 Å². The number of phenolic OH excluding ortho intramolecular Hbond substituents is 1. The smallest absolute Gasteiger partial charge is 0.237 e. The summed E-state index contributed by atoms with van der Waals surface area (Å²) < 4.78 is 0. The molecule has 0 saturated heterocycles. The molecule has 0 bridgehead atoms. The average Bonchev–Trinajstić information content (AvgIpc) is 3.20. The second-order valence-electron chi connectivity index (χ2n) is 7.81. The summed E-state index contributed by atoms with van der Waals surface area (Å²) in [7, 11) is 0. The van der Waals surface area contributed by atoms with Crippen LogP contribution < -0.4 is 10.6 Å². The highest BCUT2D eigenvalue weighted by Gasteiger charge is 2.22. The molecule has 2 atom stereocenters. The van der Waals surface area contributed by atoms with E-state index in [2.05, 4.69) is 21.7 Å². The molecule has 1 aromatic heterocycles. The molecular weight excluding hydrogens is 386 g/mol. The highest BCUT2D eigenvalue weighted by atomic mass is 16.3. The molecule has 0 unspecified atom stereocenters. The largest absolute Gasteiger partial charge is 0.508 e. The fourth-order valence-electron chi connectivity index (χ4n) is 3.82. The number of aromatic nitrogens is 1. The maximum absolute atomic E-state index is 13.2. The fourth-order valence-corrected chi connectivity index (χ4v) is 3.82. The Balaban J connectivity index is 1.53. The van der Waals surface area contributed by atoms with Gasteiger partial charge < -0.3 is 20.7 Å². The number of amides is 1. The Morgan fingerprint density at radius 3 is 2.58 bits per heavy atom. The summed E-state index contributed by atoms with van der Waals surface area (Å²) >= 11 is 0. The van der Waals surface area contributed by atoms with Gasteiger partial charge in [0.05, 0.1) is 12.1 Å². The van der Waals surface area contributed by atoms with Crippen molar-refractivity contribution in [3.8, 4) is 5.75 Å². The third-order valence-electron chi connectivity index (χ3n) is 5.54. The van der Waals surface area contributed by atoms with Crippen LogP contribution in [0.2, 0.25) is 0 Å². The number of carbonyl (C=O) groups excluding carboxylic acids is 1. The lowest BCUT2D eigenvalue weighted by Gasteiger charge is -2.22. The van der Waals surface area contributed by atoms with E-state index >= 15 is 0 Å². The van der Waals surface area contributed by atoms with Gasteiger partial charge in [0.2, 0.25) is 5.91 Å². The molecule has 1 amide bonds. The van der Waals surface area contributed by atoms with E-state index in [-0.39, 0.29) is 17.7 Å². The van der Waals surface area contributed by atoms with Crippen LogP contribution in [0.4, 0.5) is 0 Å². The van der Waals surface area contributed by atoms with Gasteiger partial charge in [0.15, 0.2) is 0 Å². The molecule has 0 saturated carbocycles. The van der Waals surface area contributed by atoms with Crippen LogP contribution in [-0.2, 0) is 17.8 Å². The minimum atomic E-state index is -0.423. The van der Waals surface area contributed by atoms with Crippen molar-refractivity contribution in [1.29, 1.82) is 0 Å². The molecular formula is C26H27N3O2. The van der Waals surface area contributed by atoms with E-state index < -0.39 is 6.04 Å². The monoisotopic (exact) mass is 413 g/mol. The van der Waals surface area contributed by atoms with Crippen molar-refractivity contribution < 1.29 is 9.90 Å². The predicted octanol–water partition coefficient (Wildman–Crippen LogP) is 4.45. The zero-order valence-corrected chi connectivity index (χ0v) is 17.5. The van der Waals surface area contributed by atoms with E-state index in [1.807, 2.05) is 67.7 Å². The standard InChI is InChI=1S/C26H27N3O2/c1-18(20-9-3-2-4-10-20)29-26(31)25(27-16-19-8-7-11-22(30)14-19)15-21-17-28-24-13-6-5-12-23(21)24/h2-14,17-18,25,27-28,30H,15-16H2,1H3,(H,29,31)/t18-,25+/m0/s1. The Kier molecular flexibility index (Phi) is 6.34. The van der Waals surface area contributed by atoms with E-state index in [4.69, 9.17) is 0 Å². The van der Waals surface area contributed by atoms with Gasteiger partial charge in [-0.1, -0.05) is 60.7 Å². The second kappa shape index (κ2) is 9.49. The molecule has 4 rings (SSSR count). The normalized spacial score (nSPS) is 13.1. The van der Waals surface area contributed by atoms with Crippen molar-refractivity contribution >= 4 is 16.8 Å². The van der Waals surface area contributed by atoms with Crippen molar-refractivity contribution in [3.05, 3.63) is 102 Å². The average molecular weight is 414 g/mol. The van der Waals surface area contributed by atoms with Crippen LogP contribution in [0.15, 0.2) is 85.1 Å². The number of aromatic hydroxyl groups is 1. The van der Waals surface area contributed by atoms with E-state index in [0.29, 0.717) is 13.0 Å². The summed E-state index contributed by atoms with van der Waals surface area (Å²) in [5, 5.41) is 17.4. The first kappa shape index (κ1) is 20.7. The Morgan fingerprint density at radius 2 is 1.77 bits per heavy atom. The van der Waals surface area contributed by atoms with Gasteiger partial charge >= 0.3 is 0 Å². The minimum absolute atomic E-state index is 0.0539. The van der Waals surface area contributed by atoms with Gasteiger partial charge in [-0.2, -0.15) is 0 Å². The molecule has 158 valence electrons. The Hall–Kier alpha value is -3.57. The molecule has 0 radical (unpaired) electrons. The molecule has 0 spiro atoms. The van der Waals surface area contributed by atoms with Crippen LogP contribution in [-0.4, -0.2) is 22.0 Å². The summed E-state index contributed by atoms with van der Waals surface area (Å²) in [5.41, 5.74) is 4.14.